The van der Waals surface area contributed by atoms with Gasteiger partial charge in [0.15, 0.2) is 11.8 Å². The van der Waals surface area contributed by atoms with Crippen molar-refractivity contribution in [1.82, 2.24) is 30.7 Å². The lowest BCUT2D eigenvalue weighted by Gasteiger charge is -2.19. The molecule has 172 valence electrons. The van der Waals surface area contributed by atoms with Gasteiger partial charge in [-0.3, -0.25) is 10.00 Å². The van der Waals surface area contributed by atoms with Gasteiger partial charge in [-0.05, 0) is 37.6 Å². The number of likely N-dealkylation sites (tertiary alicyclic amines) is 1. The van der Waals surface area contributed by atoms with Crippen LogP contribution in [0.2, 0.25) is 0 Å². The summed E-state index contributed by atoms with van der Waals surface area (Å²) in [6.07, 6.45) is -3.55. The largest absolute Gasteiger partial charge is 0.497 e. The van der Waals surface area contributed by atoms with Crippen LogP contribution in [-0.2, 0) is 6.54 Å². The maximum atomic E-state index is 12.6. The van der Waals surface area contributed by atoms with Crippen molar-refractivity contribution >= 4 is 29.9 Å². The Labute approximate surface area is 196 Å². The number of rotatable bonds is 7. The lowest BCUT2D eigenvalue weighted by molar-refractivity contribution is -0.143. The predicted molar refractivity (Wildman–Crippen MR) is 123 cm³/mol. The molecule has 0 spiro atoms. The number of H-pyrrole nitrogens is 1. The quantitative estimate of drug-likeness (QED) is 0.278. The first-order valence-corrected chi connectivity index (χ1v) is 9.76. The Balaban J connectivity index is 0.00000341. The third-order valence-corrected chi connectivity index (χ3v) is 4.63. The molecule has 1 unspecified atom stereocenters. The number of halogens is 4. The van der Waals surface area contributed by atoms with Gasteiger partial charge in [0.05, 0.1) is 13.7 Å². The molecule has 0 bridgehead atoms. The molecular weight excluding hydrogens is 526 g/mol. The topological polar surface area (TPSA) is 90.5 Å². The lowest BCUT2D eigenvalue weighted by Crippen LogP contribution is -2.45. The minimum absolute atomic E-state index is 0. The van der Waals surface area contributed by atoms with E-state index >= 15 is 0 Å². The molecular formula is C19H27F3IN7O. The number of guanidine groups is 1. The number of hydrogen-bond donors (Lipinski definition) is 3. The van der Waals surface area contributed by atoms with Crippen LogP contribution in [0.15, 0.2) is 29.3 Å². The number of alkyl halides is 3. The average molecular weight is 553 g/mol. The van der Waals surface area contributed by atoms with Crippen LogP contribution in [0.1, 0.15) is 19.2 Å². The summed E-state index contributed by atoms with van der Waals surface area (Å²) in [5.41, 5.74) is 0.850. The first-order chi connectivity index (χ1) is 14.4. The fourth-order valence-corrected chi connectivity index (χ4v) is 3.25. The highest BCUT2D eigenvalue weighted by molar-refractivity contribution is 14.0. The number of nitrogens with zero attached hydrogens (tertiary/aromatic N) is 4. The summed E-state index contributed by atoms with van der Waals surface area (Å²) in [7, 11) is 1.60. The van der Waals surface area contributed by atoms with Crippen molar-refractivity contribution < 1.29 is 17.9 Å². The molecule has 12 heteroatoms. The lowest BCUT2D eigenvalue weighted by atomic mass is 10.2. The summed E-state index contributed by atoms with van der Waals surface area (Å²) in [5, 5.41) is 13.4. The highest BCUT2D eigenvalue weighted by atomic mass is 127. The molecule has 3 N–H and O–H groups in total. The van der Waals surface area contributed by atoms with E-state index in [9.17, 15) is 13.2 Å². The molecule has 1 aliphatic rings. The smallest absolute Gasteiger partial charge is 0.401 e. The number of aliphatic imine (C=N–C) groups is 1. The minimum Gasteiger partial charge on any atom is -0.497 e. The van der Waals surface area contributed by atoms with E-state index in [2.05, 4.69) is 30.8 Å². The molecule has 0 radical (unpaired) electrons. The summed E-state index contributed by atoms with van der Waals surface area (Å²) in [5.74, 6) is 2.43. The van der Waals surface area contributed by atoms with Gasteiger partial charge < -0.3 is 15.4 Å². The van der Waals surface area contributed by atoms with Gasteiger partial charge in [-0.2, -0.15) is 18.3 Å². The number of aromatic amines is 1. The average Bonchev–Trinajstić information content (AvgIpc) is 3.34. The molecule has 1 aliphatic heterocycles. The monoisotopic (exact) mass is 553 g/mol. The standard InChI is InChI=1S/C19H26F3N7O.HI/c1-3-23-18(25-14-8-9-29(11-14)12-19(20,21)22)24-10-16-26-17(28-27-16)13-4-6-15(30-2)7-5-13;/h4-7,14H,3,8-12H2,1-2H3,(H2,23,24,25)(H,26,27,28);1H. The van der Waals surface area contributed by atoms with Crippen LogP contribution in [0, 0.1) is 0 Å². The Bertz CT molecular complexity index is 842. The normalized spacial score (nSPS) is 17.3. The molecule has 8 nitrogen and oxygen atoms in total. The van der Waals surface area contributed by atoms with Crippen molar-refractivity contribution in [2.45, 2.75) is 32.1 Å². The Morgan fingerprint density at radius 2 is 2.06 bits per heavy atom. The maximum Gasteiger partial charge on any atom is 0.401 e. The number of ether oxygens (including phenoxy) is 1. The SMILES string of the molecule is CCNC(=NCc1nc(-c2ccc(OC)cc2)n[nH]1)NC1CCN(CC(F)(F)F)C1.I. The van der Waals surface area contributed by atoms with Crippen LogP contribution in [0.4, 0.5) is 13.2 Å². The summed E-state index contributed by atoms with van der Waals surface area (Å²) < 4.78 is 42.8. The molecule has 1 atom stereocenters. The summed E-state index contributed by atoms with van der Waals surface area (Å²) >= 11 is 0. The first kappa shape index (κ1) is 25.2. The zero-order valence-corrected chi connectivity index (χ0v) is 19.7. The first-order valence-electron chi connectivity index (χ1n) is 9.76. The van der Waals surface area contributed by atoms with Crippen molar-refractivity contribution in [3.63, 3.8) is 0 Å². The van der Waals surface area contributed by atoms with E-state index in [0.29, 0.717) is 43.7 Å². The number of nitrogens with one attached hydrogen (secondary N) is 3. The van der Waals surface area contributed by atoms with E-state index < -0.39 is 12.7 Å². The zero-order valence-electron chi connectivity index (χ0n) is 17.4. The second-order valence-electron chi connectivity index (χ2n) is 7.01. The molecule has 1 aromatic heterocycles. The number of methoxy groups -OCH3 is 1. The van der Waals surface area contributed by atoms with Gasteiger partial charge in [0, 0.05) is 31.2 Å². The fourth-order valence-electron chi connectivity index (χ4n) is 3.25. The highest BCUT2D eigenvalue weighted by Crippen LogP contribution is 2.20. The van der Waals surface area contributed by atoms with Gasteiger partial charge in [0.2, 0.25) is 0 Å². The van der Waals surface area contributed by atoms with Gasteiger partial charge in [0.1, 0.15) is 18.1 Å². The van der Waals surface area contributed by atoms with Crippen LogP contribution < -0.4 is 15.4 Å². The molecule has 0 saturated carbocycles. The van der Waals surface area contributed by atoms with E-state index in [1.165, 1.54) is 4.90 Å². The molecule has 0 amide bonds. The zero-order chi connectivity index (χ0) is 21.6. The van der Waals surface area contributed by atoms with Gasteiger partial charge >= 0.3 is 6.18 Å². The molecule has 1 saturated heterocycles. The van der Waals surface area contributed by atoms with E-state index in [-0.39, 0.29) is 36.6 Å². The van der Waals surface area contributed by atoms with E-state index in [0.717, 1.165) is 11.3 Å². The van der Waals surface area contributed by atoms with Crippen LogP contribution in [0.5, 0.6) is 5.75 Å². The van der Waals surface area contributed by atoms with E-state index in [1.807, 2.05) is 31.2 Å². The second kappa shape index (κ2) is 11.5. The Morgan fingerprint density at radius 3 is 2.71 bits per heavy atom. The van der Waals surface area contributed by atoms with Crippen LogP contribution in [0.3, 0.4) is 0 Å². The van der Waals surface area contributed by atoms with E-state index in [4.69, 9.17) is 4.74 Å². The molecule has 0 aliphatic carbocycles. The summed E-state index contributed by atoms with van der Waals surface area (Å²) in [6, 6.07) is 7.32. The second-order valence-corrected chi connectivity index (χ2v) is 7.01. The Kier molecular flexibility index (Phi) is 9.34. The highest BCUT2D eigenvalue weighted by Gasteiger charge is 2.34. The molecule has 3 rings (SSSR count). The summed E-state index contributed by atoms with van der Waals surface area (Å²) in [4.78, 5) is 10.3. The van der Waals surface area contributed by atoms with E-state index in [1.54, 1.807) is 7.11 Å². The molecule has 2 aromatic rings. The maximum absolute atomic E-state index is 12.6. The Morgan fingerprint density at radius 1 is 1.32 bits per heavy atom. The van der Waals surface area contributed by atoms with Gasteiger partial charge in [0.25, 0.3) is 0 Å². The van der Waals surface area contributed by atoms with Crippen LogP contribution in [0.25, 0.3) is 11.4 Å². The third-order valence-electron chi connectivity index (χ3n) is 4.63. The van der Waals surface area contributed by atoms with Gasteiger partial charge in [-0.25, -0.2) is 9.98 Å². The van der Waals surface area contributed by atoms with Crippen LogP contribution in [-0.4, -0.2) is 71.5 Å². The minimum atomic E-state index is -4.18. The van der Waals surface area contributed by atoms with Crippen molar-refractivity contribution in [3.05, 3.63) is 30.1 Å². The third kappa shape index (κ3) is 7.83. The number of aromatic nitrogens is 3. The van der Waals surface area contributed by atoms with Gasteiger partial charge in [-0.1, -0.05) is 0 Å². The Hall–Kier alpha value is -2.09. The number of benzene rings is 1. The van der Waals surface area contributed by atoms with Crippen molar-refractivity contribution in [1.29, 1.82) is 0 Å². The van der Waals surface area contributed by atoms with Crippen molar-refractivity contribution in [3.8, 4) is 17.1 Å². The van der Waals surface area contributed by atoms with Gasteiger partial charge in [-0.15, -0.1) is 24.0 Å². The van der Waals surface area contributed by atoms with Crippen molar-refractivity contribution in [2.75, 3.05) is 33.3 Å². The summed E-state index contributed by atoms with van der Waals surface area (Å²) in [6.45, 7) is 2.68. The molecule has 2 heterocycles. The fraction of sp³-hybridized carbons (Fsp3) is 0.526. The van der Waals surface area contributed by atoms with Crippen LogP contribution >= 0.6 is 24.0 Å². The molecule has 1 aromatic carbocycles. The predicted octanol–water partition coefficient (Wildman–Crippen LogP) is 2.79. The molecule has 31 heavy (non-hydrogen) atoms. The van der Waals surface area contributed by atoms with Crippen molar-refractivity contribution in [2.24, 2.45) is 4.99 Å². The number of hydrogen-bond acceptors (Lipinski definition) is 5. The molecule has 1 fully saturated rings.